The predicted octanol–water partition coefficient (Wildman–Crippen LogP) is 9.74. The lowest BCUT2D eigenvalue weighted by Crippen LogP contribution is -2.60. The fourth-order valence-electron chi connectivity index (χ4n) is 9.00. The van der Waals surface area contributed by atoms with Crippen LogP contribution >= 0.6 is 0 Å². The lowest BCUT2D eigenvalue weighted by molar-refractivity contribution is 1.17. The number of fused-ring (bicyclic) bond motifs is 11. The maximum Gasteiger partial charge on any atom is 0.333 e. The number of hydrogen-bond acceptors (Lipinski definition) is 1. The summed E-state index contributed by atoms with van der Waals surface area (Å²) in [6, 6.07) is 54.1. The van der Waals surface area contributed by atoms with Gasteiger partial charge in [-0.25, -0.2) is 0 Å². The van der Waals surface area contributed by atoms with Crippen LogP contribution in [0, 0.1) is 13.8 Å². The molecule has 0 aliphatic carbocycles. The second kappa shape index (κ2) is 9.30. The maximum atomic E-state index is 2.69. The van der Waals surface area contributed by atoms with Gasteiger partial charge in [0, 0.05) is 49.9 Å². The van der Waals surface area contributed by atoms with Crippen LogP contribution in [0.15, 0.2) is 146 Å². The number of para-hydroxylation sites is 5. The summed E-state index contributed by atoms with van der Waals surface area (Å²) in [6.45, 7) is 4.51. The van der Waals surface area contributed by atoms with Crippen LogP contribution in [0.1, 0.15) is 11.1 Å². The summed E-state index contributed by atoms with van der Waals surface area (Å²) in [5.74, 6) is 0. The van der Waals surface area contributed by atoms with Gasteiger partial charge in [0.05, 0.1) is 22.1 Å². The van der Waals surface area contributed by atoms with E-state index in [2.05, 4.69) is 173 Å². The van der Waals surface area contributed by atoms with Gasteiger partial charge in [-0.15, -0.1) is 0 Å². The van der Waals surface area contributed by atoms with Gasteiger partial charge in [0.15, 0.2) is 0 Å². The molecule has 0 spiro atoms. The molecule has 2 aromatic heterocycles. The zero-order chi connectivity index (χ0) is 31.7. The molecular formula is C44H30BN3. The Bertz CT molecular complexity index is 2820. The number of nitrogens with zero attached hydrogens (tertiary/aromatic N) is 3. The van der Waals surface area contributed by atoms with Crippen LogP contribution in [-0.4, -0.2) is 16.0 Å². The molecule has 224 valence electrons. The Balaban J connectivity index is 1.37. The average Bonchev–Trinajstić information content (AvgIpc) is 3.65. The molecule has 2 aliphatic rings. The first-order valence-corrected chi connectivity index (χ1v) is 16.8. The van der Waals surface area contributed by atoms with Crippen LogP contribution in [0.3, 0.4) is 0 Å². The van der Waals surface area contributed by atoms with Gasteiger partial charge in [-0.2, -0.15) is 0 Å². The molecule has 3 nitrogen and oxygen atoms in total. The van der Waals surface area contributed by atoms with Crippen LogP contribution < -0.4 is 15.7 Å². The monoisotopic (exact) mass is 611 g/mol. The molecule has 7 aromatic carbocycles. The zero-order valence-corrected chi connectivity index (χ0v) is 26.8. The first-order chi connectivity index (χ1) is 23.7. The standard InChI is InChI=1S/C44H30BN3/c1-27-25-34-32-23-24-39-41(33-17-8-11-22-38(33)46(39)29-14-4-3-5-15-29)44(32)48(36-20-9-6-13-28(36)2)45-35-19-12-18-31-30-16-7-10-21-37(30)47(43(31)35)40(26-27)42(34)45/h3-26H,1-2H3. The van der Waals surface area contributed by atoms with Gasteiger partial charge < -0.3 is 13.9 Å². The minimum Gasteiger partial charge on any atom is -0.376 e. The number of aryl methyl sites for hydroxylation is 2. The van der Waals surface area contributed by atoms with Gasteiger partial charge in [-0.3, -0.25) is 0 Å². The minimum absolute atomic E-state index is 0.00542. The second-order valence-corrected chi connectivity index (χ2v) is 13.4. The van der Waals surface area contributed by atoms with Crippen molar-refractivity contribution in [1.29, 1.82) is 0 Å². The molecule has 0 saturated heterocycles. The topological polar surface area (TPSA) is 13.1 Å². The number of benzene rings is 7. The third kappa shape index (κ3) is 3.20. The molecule has 4 heterocycles. The van der Waals surface area contributed by atoms with E-state index in [-0.39, 0.29) is 6.85 Å². The molecule has 4 heteroatoms. The van der Waals surface area contributed by atoms with Gasteiger partial charge in [-0.1, -0.05) is 103 Å². The second-order valence-electron chi connectivity index (χ2n) is 13.4. The van der Waals surface area contributed by atoms with E-state index < -0.39 is 0 Å². The Morgan fingerprint density at radius 3 is 2.04 bits per heavy atom. The van der Waals surface area contributed by atoms with Crippen LogP contribution in [-0.2, 0) is 0 Å². The highest BCUT2D eigenvalue weighted by Crippen LogP contribution is 2.50. The smallest absolute Gasteiger partial charge is 0.333 e. The Hall–Kier alpha value is -6.00. The van der Waals surface area contributed by atoms with E-state index >= 15 is 0 Å². The highest BCUT2D eigenvalue weighted by atomic mass is 15.1. The summed E-state index contributed by atoms with van der Waals surface area (Å²) in [5.41, 5.74) is 17.9. The van der Waals surface area contributed by atoms with Crippen molar-refractivity contribution in [3.8, 4) is 22.5 Å². The molecule has 0 unspecified atom stereocenters. The predicted molar refractivity (Wildman–Crippen MR) is 204 cm³/mol. The van der Waals surface area contributed by atoms with Gasteiger partial charge in [0.1, 0.15) is 0 Å². The molecule has 0 amide bonds. The van der Waals surface area contributed by atoms with Crippen LogP contribution in [0.25, 0.3) is 66.1 Å². The lowest BCUT2D eigenvalue weighted by atomic mass is 9.43. The fourth-order valence-corrected chi connectivity index (χ4v) is 9.00. The van der Waals surface area contributed by atoms with Crippen molar-refractivity contribution in [3.05, 3.63) is 157 Å². The van der Waals surface area contributed by atoms with E-state index in [0.29, 0.717) is 0 Å². The molecule has 0 radical (unpaired) electrons. The average molecular weight is 612 g/mol. The van der Waals surface area contributed by atoms with Crippen molar-refractivity contribution in [2.24, 2.45) is 0 Å². The molecule has 9 aromatic rings. The van der Waals surface area contributed by atoms with Crippen molar-refractivity contribution in [2.45, 2.75) is 13.8 Å². The third-order valence-corrected chi connectivity index (χ3v) is 10.8. The summed E-state index contributed by atoms with van der Waals surface area (Å²) in [7, 11) is 0. The number of hydrogen-bond donors (Lipinski definition) is 0. The Labute approximate surface area is 279 Å². The minimum atomic E-state index is -0.00542. The summed E-state index contributed by atoms with van der Waals surface area (Å²) < 4.78 is 4.99. The third-order valence-electron chi connectivity index (χ3n) is 10.8. The maximum absolute atomic E-state index is 2.69. The highest BCUT2D eigenvalue weighted by Gasteiger charge is 2.45. The molecule has 0 fully saturated rings. The molecule has 11 rings (SSSR count). The number of rotatable bonds is 2. The van der Waals surface area contributed by atoms with Gasteiger partial charge in [0.2, 0.25) is 0 Å². The molecule has 0 N–H and O–H groups in total. The first kappa shape index (κ1) is 26.1. The zero-order valence-electron chi connectivity index (χ0n) is 26.8. The quantitative estimate of drug-likeness (QED) is 0.178. The van der Waals surface area contributed by atoms with Gasteiger partial charge in [-0.05, 0) is 83.9 Å². The normalized spacial score (nSPS) is 13.1. The largest absolute Gasteiger partial charge is 0.376 e. The van der Waals surface area contributed by atoms with Crippen molar-refractivity contribution < 1.29 is 0 Å². The summed E-state index contributed by atoms with van der Waals surface area (Å²) in [4.78, 5) is 2.69. The summed E-state index contributed by atoms with van der Waals surface area (Å²) in [5, 5.41) is 5.18. The summed E-state index contributed by atoms with van der Waals surface area (Å²) in [6.07, 6.45) is 0. The van der Waals surface area contributed by atoms with E-state index in [1.165, 1.54) is 99.5 Å². The molecule has 0 atom stereocenters. The Morgan fingerprint density at radius 2 is 1.21 bits per heavy atom. The molecular weight excluding hydrogens is 581 g/mol. The van der Waals surface area contributed by atoms with Crippen LogP contribution in [0.2, 0.25) is 0 Å². The fraction of sp³-hybridized carbons (Fsp3) is 0.0455. The van der Waals surface area contributed by atoms with Crippen molar-refractivity contribution in [1.82, 2.24) is 9.13 Å². The van der Waals surface area contributed by atoms with Crippen LogP contribution in [0.5, 0.6) is 0 Å². The van der Waals surface area contributed by atoms with E-state index in [1.807, 2.05) is 0 Å². The molecule has 48 heavy (non-hydrogen) atoms. The van der Waals surface area contributed by atoms with E-state index in [9.17, 15) is 0 Å². The van der Waals surface area contributed by atoms with Gasteiger partial charge in [0.25, 0.3) is 0 Å². The van der Waals surface area contributed by atoms with E-state index in [4.69, 9.17) is 0 Å². The SMILES string of the molecule is Cc1cc2c3c(c1)-n1c4ccccc4c4cccc(c41)B3N(c1ccccc1C)c1c-2ccc2c1c1ccccc1n2-c1ccccc1. The number of aromatic nitrogens is 2. The molecule has 2 aliphatic heterocycles. The van der Waals surface area contributed by atoms with Crippen molar-refractivity contribution in [3.63, 3.8) is 0 Å². The first-order valence-electron chi connectivity index (χ1n) is 16.8. The van der Waals surface area contributed by atoms with Crippen molar-refractivity contribution >= 4 is 72.8 Å². The highest BCUT2D eigenvalue weighted by molar-refractivity contribution is 6.94. The molecule has 0 bridgehead atoms. The number of anilines is 2. The Morgan fingerprint density at radius 1 is 0.500 bits per heavy atom. The Kier molecular flexibility index (Phi) is 5.06. The lowest BCUT2D eigenvalue weighted by Gasteiger charge is -2.43. The van der Waals surface area contributed by atoms with Crippen LogP contribution in [0.4, 0.5) is 11.4 Å². The van der Waals surface area contributed by atoms with E-state index in [1.54, 1.807) is 0 Å². The van der Waals surface area contributed by atoms with Gasteiger partial charge >= 0.3 is 6.85 Å². The molecule has 0 saturated carbocycles. The van der Waals surface area contributed by atoms with E-state index in [0.717, 1.165) is 0 Å². The summed E-state index contributed by atoms with van der Waals surface area (Å²) >= 11 is 0. The van der Waals surface area contributed by atoms with Crippen molar-refractivity contribution in [2.75, 3.05) is 4.81 Å².